The predicted octanol–water partition coefficient (Wildman–Crippen LogP) is 3.80. The van der Waals surface area contributed by atoms with Gasteiger partial charge in [-0.15, -0.1) is 11.3 Å². The van der Waals surface area contributed by atoms with Gasteiger partial charge in [0.05, 0.1) is 12.8 Å². The van der Waals surface area contributed by atoms with Gasteiger partial charge in [0.2, 0.25) is 0 Å². The minimum Gasteiger partial charge on any atom is -0.467 e. The Balaban J connectivity index is 1.68. The molecule has 25 heavy (non-hydrogen) atoms. The van der Waals surface area contributed by atoms with Crippen LogP contribution < -0.4 is 5.32 Å². The van der Waals surface area contributed by atoms with Crippen molar-refractivity contribution >= 4 is 33.3 Å². The Kier molecular flexibility index (Phi) is 4.85. The molecular formula is C18H16FNO4S. The lowest BCUT2D eigenvalue weighted by atomic mass is 10.1. The number of aryl methyl sites for hydroxylation is 1. The average molecular weight is 361 g/mol. The van der Waals surface area contributed by atoms with Crippen LogP contribution >= 0.6 is 11.3 Å². The fourth-order valence-electron chi connectivity index (χ4n) is 2.45. The summed E-state index contributed by atoms with van der Waals surface area (Å²) >= 11 is 1.15. The van der Waals surface area contributed by atoms with E-state index < -0.39 is 18.0 Å². The van der Waals surface area contributed by atoms with Gasteiger partial charge >= 0.3 is 5.97 Å². The van der Waals surface area contributed by atoms with Gasteiger partial charge in [0, 0.05) is 10.1 Å². The van der Waals surface area contributed by atoms with E-state index in [-0.39, 0.29) is 12.4 Å². The molecule has 0 saturated heterocycles. The molecule has 1 aromatic carbocycles. The third-order valence-electron chi connectivity index (χ3n) is 3.76. The van der Waals surface area contributed by atoms with Gasteiger partial charge in [0.25, 0.3) is 5.91 Å². The van der Waals surface area contributed by atoms with Gasteiger partial charge in [-0.1, -0.05) is 6.07 Å². The molecule has 0 saturated carbocycles. The molecule has 1 N–H and O–H groups in total. The minimum atomic E-state index is -0.975. The fraction of sp³-hybridized carbons (Fsp3) is 0.222. The highest BCUT2D eigenvalue weighted by molar-refractivity contribution is 7.21. The van der Waals surface area contributed by atoms with Crippen LogP contribution in [-0.4, -0.2) is 18.0 Å². The third kappa shape index (κ3) is 3.56. The summed E-state index contributed by atoms with van der Waals surface area (Å²) in [6.45, 7) is 3.36. The quantitative estimate of drug-likeness (QED) is 0.702. The zero-order valence-electron chi connectivity index (χ0n) is 13.7. The van der Waals surface area contributed by atoms with E-state index in [1.807, 2.05) is 0 Å². The summed E-state index contributed by atoms with van der Waals surface area (Å²) in [5.74, 6) is -0.856. The Morgan fingerprint density at radius 3 is 2.80 bits per heavy atom. The van der Waals surface area contributed by atoms with Gasteiger partial charge in [-0.05, 0) is 43.7 Å². The number of nitrogens with one attached hydrogen (secondary N) is 1. The van der Waals surface area contributed by atoms with Crippen LogP contribution in [-0.2, 0) is 16.1 Å². The van der Waals surface area contributed by atoms with Crippen molar-refractivity contribution in [2.75, 3.05) is 0 Å². The molecule has 0 bridgehead atoms. The van der Waals surface area contributed by atoms with E-state index in [1.165, 1.54) is 19.3 Å². The van der Waals surface area contributed by atoms with Crippen LogP contribution in [0.15, 0.2) is 41.0 Å². The van der Waals surface area contributed by atoms with Gasteiger partial charge < -0.3 is 14.5 Å². The predicted molar refractivity (Wildman–Crippen MR) is 92.0 cm³/mol. The maximum atomic E-state index is 13.9. The second-order valence-electron chi connectivity index (χ2n) is 5.51. The second-order valence-corrected chi connectivity index (χ2v) is 6.57. The number of hydrogen-bond acceptors (Lipinski definition) is 5. The number of hydrogen-bond donors (Lipinski definition) is 1. The number of ether oxygens (including phenoxy) is 1. The highest BCUT2D eigenvalue weighted by Crippen LogP contribution is 2.33. The smallest absolute Gasteiger partial charge is 0.349 e. The Morgan fingerprint density at radius 1 is 1.32 bits per heavy atom. The molecule has 3 rings (SSSR count). The van der Waals surface area contributed by atoms with Crippen LogP contribution in [0.2, 0.25) is 0 Å². The normalized spacial score (nSPS) is 12.1. The lowest BCUT2D eigenvalue weighted by molar-refractivity contribution is -0.129. The van der Waals surface area contributed by atoms with Crippen molar-refractivity contribution in [1.82, 2.24) is 5.32 Å². The largest absolute Gasteiger partial charge is 0.467 e. The number of amides is 1. The number of fused-ring (bicyclic) bond motifs is 1. The third-order valence-corrected chi connectivity index (χ3v) is 5.00. The molecule has 0 fully saturated rings. The van der Waals surface area contributed by atoms with E-state index >= 15 is 0 Å². The molecule has 1 atom stereocenters. The van der Waals surface area contributed by atoms with Crippen LogP contribution in [0.25, 0.3) is 10.1 Å². The van der Waals surface area contributed by atoms with Crippen molar-refractivity contribution in [1.29, 1.82) is 0 Å². The van der Waals surface area contributed by atoms with Crippen LogP contribution in [0.4, 0.5) is 4.39 Å². The molecule has 7 heteroatoms. The van der Waals surface area contributed by atoms with E-state index in [1.54, 1.807) is 31.2 Å². The minimum absolute atomic E-state index is 0.209. The summed E-state index contributed by atoms with van der Waals surface area (Å²) in [6.07, 6.45) is 0.533. The Labute approximate surface area is 147 Å². The first-order valence-corrected chi connectivity index (χ1v) is 8.47. The van der Waals surface area contributed by atoms with E-state index in [4.69, 9.17) is 9.15 Å². The summed E-state index contributed by atoms with van der Waals surface area (Å²) < 4.78 is 24.9. The Bertz CT molecular complexity index is 917. The van der Waals surface area contributed by atoms with Gasteiger partial charge in [0.15, 0.2) is 6.10 Å². The molecule has 3 aromatic rings. The summed E-state index contributed by atoms with van der Waals surface area (Å²) in [7, 11) is 0. The number of thiophene rings is 1. The van der Waals surface area contributed by atoms with Crippen molar-refractivity contribution in [3.63, 3.8) is 0 Å². The monoisotopic (exact) mass is 361 g/mol. The molecule has 5 nitrogen and oxygen atoms in total. The van der Waals surface area contributed by atoms with Crippen molar-refractivity contribution in [3.8, 4) is 0 Å². The lowest BCUT2D eigenvalue weighted by Gasteiger charge is -2.12. The van der Waals surface area contributed by atoms with E-state index in [9.17, 15) is 14.0 Å². The highest BCUT2D eigenvalue weighted by Gasteiger charge is 2.23. The first-order chi connectivity index (χ1) is 12.0. The molecule has 0 radical (unpaired) electrons. The van der Waals surface area contributed by atoms with E-state index in [0.29, 0.717) is 26.3 Å². The lowest BCUT2D eigenvalue weighted by Crippen LogP contribution is -2.35. The molecule has 0 aliphatic rings. The molecule has 0 aliphatic carbocycles. The maximum Gasteiger partial charge on any atom is 0.349 e. The maximum absolute atomic E-state index is 13.9. The standard InChI is InChI=1S/C18H16FNO4S/c1-10-15-13(19)6-3-7-14(15)25-16(10)18(22)24-11(2)17(21)20-9-12-5-4-8-23-12/h3-8,11H,9H2,1-2H3,(H,20,21)/t11-/m1/s1. The molecule has 130 valence electrons. The zero-order valence-corrected chi connectivity index (χ0v) is 14.5. The van der Waals surface area contributed by atoms with Crippen molar-refractivity contribution in [2.24, 2.45) is 0 Å². The van der Waals surface area contributed by atoms with Gasteiger partial charge in [-0.2, -0.15) is 0 Å². The summed E-state index contributed by atoms with van der Waals surface area (Å²) in [4.78, 5) is 24.7. The number of benzene rings is 1. The number of esters is 1. The molecular weight excluding hydrogens is 345 g/mol. The zero-order chi connectivity index (χ0) is 18.0. The average Bonchev–Trinajstić information content (AvgIpc) is 3.21. The van der Waals surface area contributed by atoms with Crippen LogP contribution in [0, 0.1) is 12.7 Å². The van der Waals surface area contributed by atoms with Crippen molar-refractivity contribution in [3.05, 3.63) is 58.6 Å². The van der Waals surface area contributed by atoms with Gasteiger partial charge in [0.1, 0.15) is 16.5 Å². The number of halogens is 1. The molecule has 2 aromatic heterocycles. The fourth-order valence-corrected chi connectivity index (χ4v) is 3.55. The number of carbonyl (C=O) groups is 2. The second kappa shape index (κ2) is 7.06. The highest BCUT2D eigenvalue weighted by atomic mass is 32.1. The molecule has 0 unspecified atom stereocenters. The SMILES string of the molecule is Cc1c(C(=O)O[C@H](C)C(=O)NCc2ccco2)sc2cccc(F)c12. The molecule has 1 amide bonds. The summed E-state index contributed by atoms with van der Waals surface area (Å²) in [5, 5.41) is 3.04. The number of furan rings is 1. The van der Waals surface area contributed by atoms with Crippen LogP contribution in [0.1, 0.15) is 27.9 Å². The Morgan fingerprint density at radius 2 is 2.12 bits per heavy atom. The van der Waals surface area contributed by atoms with Crippen molar-refractivity contribution in [2.45, 2.75) is 26.5 Å². The van der Waals surface area contributed by atoms with E-state index in [2.05, 4.69) is 5.32 Å². The molecule has 0 spiro atoms. The van der Waals surface area contributed by atoms with Crippen LogP contribution in [0.5, 0.6) is 0 Å². The van der Waals surface area contributed by atoms with Gasteiger partial charge in [-0.25, -0.2) is 9.18 Å². The van der Waals surface area contributed by atoms with Crippen molar-refractivity contribution < 1.29 is 23.1 Å². The summed E-state index contributed by atoms with van der Waals surface area (Å²) in [5.41, 5.74) is 0.520. The van der Waals surface area contributed by atoms with Crippen LogP contribution in [0.3, 0.4) is 0 Å². The van der Waals surface area contributed by atoms with Gasteiger partial charge in [-0.3, -0.25) is 4.79 Å². The molecule has 0 aliphatic heterocycles. The first-order valence-electron chi connectivity index (χ1n) is 7.66. The Hall–Kier alpha value is -2.67. The van der Waals surface area contributed by atoms with E-state index in [0.717, 1.165) is 11.3 Å². The molecule has 2 heterocycles. The number of carbonyl (C=O) groups excluding carboxylic acids is 2. The number of rotatable bonds is 5. The summed E-state index contributed by atoms with van der Waals surface area (Å²) in [6, 6.07) is 8.13. The topological polar surface area (TPSA) is 68.5 Å². The first kappa shape index (κ1) is 17.2.